The topological polar surface area (TPSA) is 78.9 Å². The summed E-state index contributed by atoms with van der Waals surface area (Å²) in [5, 5.41) is 0. The molecular formula is C71H122O6. The molecule has 0 rings (SSSR count). The summed E-state index contributed by atoms with van der Waals surface area (Å²) in [6.45, 7) is 6.53. The molecule has 77 heavy (non-hydrogen) atoms. The molecule has 0 radical (unpaired) electrons. The number of ether oxygens (including phenoxy) is 3. The van der Waals surface area contributed by atoms with Gasteiger partial charge in [0, 0.05) is 19.3 Å². The van der Waals surface area contributed by atoms with Crippen LogP contribution in [0.3, 0.4) is 0 Å². The third-order valence-electron chi connectivity index (χ3n) is 14.1. The zero-order chi connectivity index (χ0) is 55.7. The van der Waals surface area contributed by atoms with E-state index in [0.29, 0.717) is 19.3 Å². The van der Waals surface area contributed by atoms with Gasteiger partial charge in [0.15, 0.2) is 6.10 Å². The summed E-state index contributed by atoms with van der Waals surface area (Å²) in [5.41, 5.74) is 0. The maximum Gasteiger partial charge on any atom is 0.306 e. The highest BCUT2D eigenvalue weighted by Gasteiger charge is 2.19. The van der Waals surface area contributed by atoms with Crippen LogP contribution in [0.4, 0.5) is 0 Å². The molecule has 0 aliphatic carbocycles. The number of hydrogen-bond acceptors (Lipinski definition) is 6. The Morgan fingerprint density at radius 3 is 0.792 bits per heavy atom. The number of carbonyl (C=O) groups is 3. The molecule has 0 heterocycles. The highest BCUT2D eigenvalue weighted by molar-refractivity contribution is 5.71. The van der Waals surface area contributed by atoms with E-state index in [1.807, 2.05) is 0 Å². The first kappa shape index (κ1) is 73.3. The molecule has 0 aliphatic rings. The molecule has 0 fully saturated rings. The van der Waals surface area contributed by atoms with Crippen molar-refractivity contribution in [3.8, 4) is 0 Å². The first-order valence-electron chi connectivity index (χ1n) is 32.7. The molecule has 0 amide bonds. The van der Waals surface area contributed by atoms with Gasteiger partial charge in [-0.3, -0.25) is 14.4 Å². The molecular weight excluding hydrogens is 949 g/mol. The number of rotatable bonds is 59. The second kappa shape index (κ2) is 64.9. The average molecular weight is 1070 g/mol. The van der Waals surface area contributed by atoms with Crippen LogP contribution in [0.2, 0.25) is 0 Å². The van der Waals surface area contributed by atoms with E-state index in [9.17, 15) is 14.4 Å². The van der Waals surface area contributed by atoms with Gasteiger partial charge in [0.2, 0.25) is 0 Å². The molecule has 1 atom stereocenters. The van der Waals surface area contributed by atoms with E-state index < -0.39 is 6.10 Å². The average Bonchev–Trinajstić information content (AvgIpc) is 3.43. The van der Waals surface area contributed by atoms with Crippen LogP contribution in [0.15, 0.2) is 97.2 Å². The van der Waals surface area contributed by atoms with Gasteiger partial charge in [-0.2, -0.15) is 0 Å². The van der Waals surface area contributed by atoms with Crippen LogP contribution in [0, 0.1) is 0 Å². The molecule has 0 saturated carbocycles. The molecule has 0 saturated heterocycles. The minimum absolute atomic E-state index is 0.0792. The van der Waals surface area contributed by atoms with E-state index in [-0.39, 0.29) is 31.1 Å². The van der Waals surface area contributed by atoms with Gasteiger partial charge in [-0.05, 0) is 103 Å². The molecule has 0 aromatic heterocycles. The molecule has 0 N–H and O–H groups in total. The molecule has 6 heteroatoms. The van der Waals surface area contributed by atoms with Gasteiger partial charge in [-0.1, -0.05) is 291 Å². The molecule has 1 unspecified atom stereocenters. The van der Waals surface area contributed by atoms with Crippen LogP contribution < -0.4 is 0 Å². The van der Waals surface area contributed by atoms with E-state index in [1.165, 1.54) is 167 Å². The number of allylic oxidation sites excluding steroid dienone is 16. The van der Waals surface area contributed by atoms with E-state index >= 15 is 0 Å². The summed E-state index contributed by atoms with van der Waals surface area (Å²) in [6.07, 6.45) is 87.0. The summed E-state index contributed by atoms with van der Waals surface area (Å²) >= 11 is 0. The van der Waals surface area contributed by atoms with Gasteiger partial charge in [-0.25, -0.2) is 0 Å². The monoisotopic (exact) mass is 1070 g/mol. The lowest BCUT2D eigenvalue weighted by atomic mass is 10.1. The van der Waals surface area contributed by atoms with Crippen molar-refractivity contribution in [1.29, 1.82) is 0 Å². The van der Waals surface area contributed by atoms with Gasteiger partial charge in [0.25, 0.3) is 0 Å². The third-order valence-corrected chi connectivity index (χ3v) is 14.1. The van der Waals surface area contributed by atoms with E-state index in [4.69, 9.17) is 14.2 Å². The fraction of sp³-hybridized carbons (Fsp3) is 0.732. The fourth-order valence-corrected chi connectivity index (χ4v) is 9.18. The zero-order valence-electron chi connectivity index (χ0n) is 50.7. The predicted octanol–water partition coefficient (Wildman–Crippen LogP) is 22.4. The Bertz CT molecular complexity index is 1510. The van der Waals surface area contributed by atoms with Crippen LogP contribution in [-0.4, -0.2) is 37.2 Å². The summed E-state index contributed by atoms with van der Waals surface area (Å²) < 4.78 is 16.9. The molecule has 6 nitrogen and oxygen atoms in total. The second-order valence-corrected chi connectivity index (χ2v) is 21.6. The maximum absolute atomic E-state index is 12.9. The second-order valence-electron chi connectivity index (χ2n) is 21.6. The minimum Gasteiger partial charge on any atom is -0.462 e. The number of hydrogen-bond donors (Lipinski definition) is 0. The minimum atomic E-state index is -0.783. The lowest BCUT2D eigenvalue weighted by Gasteiger charge is -2.18. The fourth-order valence-electron chi connectivity index (χ4n) is 9.18. The molecule has 0 bridgehead atoms. The number of esters is 3. The highest BCUT2D eigenvalue weighted by Crippen LogP contribution is 2.16. The third kappa shape index (κ3) is 63.0. The van der Waals surface area contributed by atoms with Crippen molar-refractivity contribution in [2.75, 3.05) is 13.2 Å². The largest absolute Gasteiger partial charge is 0.462 e. The van der Waals surface area contributed by atoms with Gasteiger partial charge in [-0.15, -0.1) is 0 Å². The van der Waals surface area contributed by atoms with Crippen LogP contribution in [0.5, 0.6) is 0 Å². The van der Waals surface area contributed by atoms with Gasteiger partial charge < -0.3 is 14.2 Å². The summed E-state index contributed by atoms with van der Waals surface area (Å²) in [5.74, 6) is -0.882. The Morgan fingerprint density at radius 2 is 0.506 bits per heavy atom. The molecule has 0 aliphatic heterocycles. The normalized spacial score (nSPS) is 12.7. The van der Waals surface area contributed by atoms with Crippen molar-refractivity contribution in [3.05, 3.63) is 97.2 Å². The Kier molecular flexibility index (Phi) is 61.8. The smallest absolute Gasteiger partial charge is 0.306 e. The van der Waals surface area contributed by atoms with Crippen LogP contribution in [0.1, 0.15) is 316 Å². The Labute approximate surface area is 477 Å². The number of carbonyl (C=O) groups excluding carboxylic acids is 3. The van der Waals surface area contributed by atoms with Gasteiger partial charge in [0.1, 0.15) is 13.2 Å². The summed E-state index contributed by atoms with van der Waals surface area (Å²) in [7, 11) is 0. The first-order valence-corrected chi connectivity index (χ1v) is 32.7. The van der Waals surface area contributed by atoms with Crippen molar-refractivity contribution in [3.63, 3.8) is 0 Å². The predicted molar refractivity (Wildman–Crippen MR) is 334 cm³/mol. The summed E-state index contributed by atoms with van der Waals surface area (Å²) in [6, 6.07) is 0. The highest BCUT2D eigenvalue weighted by atomic mass is 16.6. The lowest BCUT2D eigenvalue weighted by Crippen LogP contribution is -2.30. The van der Waals surface area contributed by atoms with Gasteiger partial charge >= 0.3 is 17.9 Å². The Balaban J connectivity index is 4.30. The van der Waals surface area contributed by atoms with Crippen molar-refractivity contribution in [2.24, 2.45) is 0 Å². The van der Waals surface area contributed by atoms with E-state index in [0.717, 1.165) is 109 Å². The maximum atomic E-state index is 12.9. The quantitative estimate of drug-likeness (QED) is 0.0261. The Hall–Kier alpha value is -3.67. The van der Waals surface area contributed by atoms with Crippen LogP contribution >= 0.6 is 0 Å². The van der Waals surface area contributed by atoms with E-state index in [1.54, 1.807) is 0 Å². The zero-order valence-corrected chi connectivity index (χ0v) is 50.7. The Morgan fingerprint density at radius 1 is 0.273 bits per heavy atom. The lowest BCUT2D eigenvalue weighted by molar-refractivity contribution is -0.167. The van der Waals surface area contributed by atoms with Crippen molar-refractivity contribution >= 4 is 17.9 Å². The van der Waals surface area contributed by atoms with Crippen molar-refractivity contribution < 1.29 is 28.6 Å². The standard InChI is InChI=1S/C71H122O6/c1-4-7-10-13-16-19-22-24-26-28-30-32-33-34-35-36-37-39-40-42-44-46-49-52-55-58-61-64-70(73)76-67-68(66-75-69(72)63-60-57-54-51-48-21-18-15-12-9-6-3)77-71(74)65-62-59-56-53-50-47-45-43-41-38-31-29-27-25-23-20-17-14-11-8-5-2/h7,10,16,19,23-26,29-32,34-35,37,39,68H,4-6,8-9,11-15,17-18,20-22,27-28,33,36,38,40-67H2,1-3H3/b10-7-,19-16-,25-23-,26-24-,31-29-,32-30-,35-34-,39-37-. The molecule has 442 valence electrons. The molecule has 0 aromatic rings. The first-order chi connectivity index (χ1) is 38.0. The van der Waals surface area contributed by atoms with Crippen molar-refractivity contribution in [2.45, 2.75) is 322 Å². The van der Waals surface area contributed by atoms with E-state index in [2.05, 4.69) is 118 Å². The summed E-state index contributed by atoms with van der Waals surface area (Å²) in [4.78, 5) is 38.3. The number of unbranched alkanes of at least 4 members (excludes halogenated alkanes) is 32. The van der Waals surface area contributed by atoms with Gasteiger partial charge in [0.05, 0.1) is 0 Å². The SMILES string of the molecule is CC/C=C\C/C=C\C/C=C\C/C=C\C/C=C\C/C=C\CCCCCCCCCCC(=O)OCC(COC(=O)CCCCCCCCCCCCC)OC(=O)CCCCCCCCCCC/C=C\C/C=C\CCCCCCC. The molecule has 0 spiro atoms. The molecule has 0 aromatic carbocycles. The van der Waals surface area contributed by atoms with Crippen molar-refractivity contribution in [1.82, 2.24) is 0 Å². The van der Waals surface area contributed by atoms with Crippen LogP contribution in [-0.2, 0) is 28.6 Å². The van der Waals surface area contributed by atoms with Crippen LogP contribution in [0.25, 0.3) is 0 Å².